The molecule has 0 saturated heterocycles. The van der Waals surface area contributed by atoms with Crippen molar-refractivity contribution in [3.8, 4) is 0 Å². The number of aliphatic hydroxyl groups is 1. The van der Waals surface area contributed by atoms with Crippen molar-refractivity contribution in [2.75, 3.05) is 7.11 Å². The molecule has 0 spiro atoms. The van der Waals surface area contributed by atoms with Crippen LogP contribution in [0.4, 0.5) is 0 Å². The molecule has 1 aliphatic rings. The average Bonchev–Trinajstić information content (AvgIpc) is 2.81. The highest BCUT2D eigenvalue weighted by Gasteiger charge is 2.27. The smallest absolute Gasteiger partial charge is 0.0622 e. The van der Waals surface area contributed by atoms with E-state index in [1.165, 1.54) is 25.7 Å². The molecule has 1 saturated carbocycles. The monoisotopic (exact) mass is 242 g/mol. The van der Waals surface area contributed by atoms with Gasteiger partial charge >= 0.3 is 0 Å². The van der Waals surface area contributed by atoms with E-state index in [1.54, 1.807) is 7.11 Å². The number of ether oxygens (including phenoxy) is 1. The van der Waals surface area contributed by atoms with Crippen LogP contribution in [0.1, 0.15) is 65.7 Å². The summed E-state index contributed by atoms with van der Waals surface area (Å²) < 4.78 is 5.42. The first-order valence-electron chi connectivity index (χ1n) is 7.19. The lowest BCUT2D eigenvalue weighted by Gasteiger charge is -2.27. The Hall–Kier alpha value is -0.0800. The van der Waals surface area contributed by atoms with Crippen molar-refractivity contribution in [1.82, 2.24) is 0 Å². The van der Waals surface area contributed by atoms with Crippen LogP contribution in [0.2, 0.25) is 0 Å². The molecular weight excluding hydrogens is 212 g/mol. The maximum atomic E-state index is 10.3. The van der Waals surface area contributed by atoms with E-state index in [0.717, 1.165) is 19.3 Å². The van der Waals surface area contributed by atoms with Gasteiger partial charge in [0.25, 0.3) is 0 Å². The third kappa shape index (κ3) is 4.97. The molecule has 2 atom stereocenters. The molecule has 1 N–H and O–H groups in total. The number of aliphatic hydroxyl groups excluding tert-OH is 1. The van der Waals surface area contributed by atoms with Gasteiger partial charge in [-0.3, -0.25) is 0 Å². The van der Waals surface area contributed by atoms with E-state index in [4.69, 9.17) is 4.74 Å². The summed E-state index contributed by atoms with van der Waals surface area (Å²) in [5.74, 6) is 1.01. The van der Waals surface area contributed by atoms with Crippen LogP contribution in [0.3, 0.4) is 0 Å². The van der Waals surface area contributed by atoms with Gasteiger partial charge in [0.15, 0.2) is 0 Å². The number of rotatable bonds is 7. The summed E-state index contributed by atoms with van der Waals surface area (Å²) in [5, 5.41) is 10.3. The SMILES string of the molecule is COC(C)(C)CCCC(C)C(O)C1CCCC1. The van der Waals surface area contributed by atoms with Gasteiger partial charge in [0.05, 0.1) is 11.7 Å². The van der Waals surface area contributed by atoms with Gasteiger partial charge in [0.2, 0.25) is 0 Å². The molecule has 0 aromatic heterocycles. The van der Waals surface area contributed by atoms with Crippen LogP contribution >= 0.6 is 0 Å². The largest absolute Gasteiger partial charge is 0.393 e. The van der Waals surface area contributed by atoms with E-state index in [0.29, 0.717) is 11.8 Å². The molecule has 0 aromatic carbocycles. The van der Waals surface area contributed by atoms with Crippen LogP contribution < -0.4 is 0 Å². The Morgan fingerprint density at radius 2 is 1.88 bits per heavy atom. The van der Waals surface area contributed by atoms with Crippen LogP contribution in [-0.4, -0.2) is 23.9 Å². The molecule has 1 rings (SSSR count). The third-order valence-electron chi connectivity index (χ3n) is 4.46. The van der Waals surface area contributed by atoms with Gasteiger partial charge in [-0.2, -0.15) is 0 Å². The number of methoxy groups -OCH3 is 1. The second kappa shape index (κ2) is 6.75. The van der Waals surface area contributed by atoms with Crippen molar-refractivity contribution in [3.63, 3.8) is 0 Å². The second-order valence-corrected chi connectivity index (χ2v) is 6.37. The van der Waals surface area contributed by atoms with E-state index in [1.807, 2.05) is 0 Å². The maximum absolute atomic E-state index is 10.3. The molecule has 0 bridgehead atoms. The van der Waals surface area contributed by atoms with E-state index in [9.17, 15) is 5.11 Å². The molecule has 17 heavy (non-hydrogen) atoms. The Labute approximate surface area is 107 Å². The first-order chi connectivity index (χ1) is 7.96. The van der Waals surface area contributed by atoms with Crippen LogP contribution in [0, 0.1) is 11.8 Å². The van der Waals surface area contributed by atoms with E-state index < -0.39 is 0 Å². The molecule has 2 unspecified atom stereocenters. The van der Waals surface area contributed by atoms with Crippen molar-refractivity contribution < 1.29 is 9.84 Å². The number of hydrogen-bond acceptors (Lipinski definition) is 2. The van der Waals surface area contributed by atoms with Crippen LogP contribution in [0.5, 0.6) is 0 Å². The molecule has 0 aliphatic heterocycles. The molecule has 0 heterocycles. The highest BCUT2D eigenvalue weighted by molar-refractivity contribution is 4.79. The Kier molecular flexibility index (Phi) is 5.94. The quantitative estimate of drug-likeness (QED) is 0.736. The summed E-state index contributed by atoms with van der Waals surface area (Å²) in [4.78, 5) is 0. The van der Waals surface area contributed by atoms with Crippen molar-refractivity contribution >= 4 is 0 Å². The van der Waals surface area contributed by atoms with Crippen molar-refractivity contribution in [2.45, 2.75) is 77.4 Å². The Morgan fingerprint density at radius 3 is 2.41 bits per heavy atom. The Balaban J connectivity index is 2.22. The lowest BCUT2D eigenvalue weighted by molar-refractivity contribution is 0.00809. The zero-order valence-corrected chi connectivity index (χ0v) is 12.0. The zero-order chi connectivity index (χ0) is 12.9. The minimum atomic E-state index is -0.0804. The van der Waals surface area contributed by atoms with Gasteiger partial charge in [0.1, 0.15) is 0 Å². The highest BCUT2D eigenvalue weighted by atomic mass is 16.5. The summed E-state index contributed by atoms with van der Waals surface area (Å²) in [7, 11) is 1.77. The third-order valence-corrected chi connectivity index (χ3v) is 4.46. The maximum Gasteiger partial charge on any atom is 0.0622 e. The van der Waals surface area contributed by atoms with Crippen LogP contribution in [-0.2, 0) is 4.74 Å². The zero-order valence-electron chi connectivity index (χ0n) is 12.0. The lowest BCUT2D eigenvalue weighted by atomic mass is 9.86. The van der Waals surface area contributed by atoms with Crippen molar-refractivity contribution in [3.05, 3.63) is 0 Å². The molecule has 102 valence electrons. The van der Waals surface area contributed by atoms with Crippen molar-refractivity contribution in [2.24, 2.45) is 11.8 Å². The molecule has 1 aliphatic carbocycles. The van der Waals surface area contributed by atoms with Gasteiger partial charge in [-0.25, -0.2) is 0 Å². The molecule has 0 aromatic rings. The molecule has 0 radical (unpaired) electrons. The second-order valence-electron chi connectivity index (χ2n) is 6.37. The fourth-order valence-electron chi connectivity index (χ4n) is 2.89. The van der Waals surface area contributed by atoms with E-state index >= 15 is 0 Å². The highest BCUT2D eigenvalue weighted by Crippen LogP contribution is 2.32. The summed E-state index contributed by atoms with van der Waals surface area (Å²) in [6, 6.07) is 0. The minimum Gasteiger partial charge on any atom is -0.393 e. The van der Waals surface area contributed by atoms with Gasteiger partial charge in [0, 0.05) is 7.11 Å². The fraction of sp³-hybridized carbons (Fsp3) is 1.00. The number of hydrogen-bond donors (Lipinski definition) is 1. The van der Waals surface area contributed by atoms with Gasteiger partial charge < -0.3 is 9.84 Å². The molecule has 1 fully saturated rings. The fourth-order valence-corrected chi connectivity index (χ4v) is 2.89. The van der Waals surface area contributed by atoms with Gasteiger partial charge in [-0.1, -0.05) is 26.2 Å². The van der Waals surface area contributed by atoms with Crippen molar-refractivity contribution in [1.29, 1.82) is 0 Å². The van der Waals surface area contributed by atoms with E-state index in [2.05, 4.69) is 20.8 Å². The molecule has 2 nitrogen and oxygen atoms in total. The minimum absolute atomic E-state index is 0.0158. The summed E-state index contributed by atoms with van der Waals surface area (Å²) in [6.07, 6.45) is 8.34. The van der Waals surface area contributed by atoms with Crippen LogP contribution in [0.15, 0.2) is 0 Å². The summed E-state index contributed by atoms with van der Waals surface area (Å²) >= 11 is 0. The standard InChI is InChI=1S/C15H30O2/c1-12(8-7-11-15(2,3)17-4)14(16)13-9-5-6-10-13/h12-14,16H,5-11H2,1-4H3. The van der Waals surface area contributed by atoms with Crippen LogP contribution in [0.25, 0.3) is 0 Å². The summed E-state index contributed by atoms with van der Waals surface area (Å²) in [6.45, 7) is 6.46. The normalized spacial score (nSPS) is 21.7. The molecular formula is C15H30O2. The van der Waals surface area contributed by atoms with Gasteiger partial charge in [-0.05, 0) is 51.4 Å². The predicted molar refractivity (Wildman–Crippen MR) is 72.1 cm³/mol. The predicted octanol–water partition coefficient (Wildman–Crippen LogP) is 3.77. The molecule has 2 heteroatoms. The summed E-state index contributed by atoms with van der Waals surface area (Å²) in [5.41, 5.74) is -0.0158. The first-order valence-corrected chi connectivity index (χ1v) is 7.19. The topological polar surface area (TPSA) is 29.5 Å². The Morgan fingerprint density at radius 1 is 1.29 bits per heavy atom. The van der Waals surface area contributed by atoms with E-state index in [-0.39, 0.29) is 11.7 Å². The molecule has 0 amide bonds. The van der Waals surface area contributed by atoms with Gasteiger partial charge in [-0.15, -0.1) is 0 Å². The average molecular weight is 242 g/mol. The first kappa shape index (κ1) is 15.0. The Bertz CT molecular complexity index is 207. The lowest BCUT2D eigenvalue weighted by Crippen LogP contribution is -2.27.